The number of nitrogens with zero attached hydrogens (tertiary/aromatic N) is 2. The third kappa shape index (κ3) is 5.04. The third-order valence-corrected chi connectivity index (χ3v) is 15.5. The number of hydrogen-bond donors (Lipinski definition) is 0. The average molecular weight is 809 g/mol. The Balaban J connectivity index is 1.20. The van der Waals surface area contributed by atoms with E-state index in [1.807, 2.05) is 0 Å². The second-order valence-corrected chi connectivity index (χ2v) is 22.0. The molecule has 0 saturated carbocycles. The molecule has 2 heteroatoms. The van der Waals surface area contributed by atoms with Crippen LogP contribution >= 0.6 is 0 Å². The minimum atomic E-state index is -0.120. The molecule has 0 spiro atoms. The number of rotatable bonds is 2. The van der Waals surface area contributed by atoms with Gasteiger partial charge in [0.2, 0.25) is 0 Å². The fourth-order valence-electron chi connectivity index (χ4n) is 12.3. The SMILES string of the molecule is Cc1c(C)n(-c2ccc3c(c2)C(C)(C)c2ccccc2-3)c2cc3c(C(C)(C)C)c4cc5c(C)c(C)n(-c6ccc7c(c6)C(C)(C)c6ccccc6-7)c5cc4c(C(C)(C)C)c3cc12. The zero-order chi connectivity index (χ0) is 43.7. The molecule has 0 fully saturated rings. The zero-order valence-electron chi connectivity index (χ0n) is 39.3. The lowest BCUT2D eigenvalue weighted by atomic mass is 9.73. The first-order chi connectivity index (χ1) is 29.2. The van der Waals surface area contributed by atoms with Gasteiger partial charge >= 0.3 is 0 Å². The lowest BCUT2D eigenvalue weighted by Gasteiger charge is -2.31. The van der Waals surface area contributed by atoms with Gasteiger partial charge in [-0.25, -0.2) is 0 Å². The number of aromatic nitrogens is 2. The Morgan fingerprint density at radius 3 is 1.08 bits per heavy atom. The van der Waals surface area contributed by atoms with Crippen LogP contribution in [0.25, 0.3) is 77.0 Å². The summed E-state index contributed by atoms with van der Waals surface area (Å²) in [5.74, 6) is 0. The summed E-state index contributed by atoms with van der Waals surface area (Å²) in [5.41, 5.74) is 23.9. The van der Waals surface area contributed by atoms with Gasteiger partial charge in [0.05, 0.1) is 11.0 Å². The molecule has 0 amide bonds. The summed E-state index contributed by atoms with van der Waals surface area (Å²) in [7, 11) is 0. The molecule has 2 aromatic heterocycles. The first kappa shape index (κ1) is 39.0. The van der Waals surface area contributed by atoms with Gasteiger partial charge in [0.15, 0.2) is 0 Å². The maximum absolute atomic E-state index is 2.56. The number of aryl methyl sites for hydroxylation is 2. The molecule has 310 valence electrons. The molecule has 11 rings (SSSR count). The largest absolute Gasteiger partial charge is 0.314 e. The highest BCUT2D eigenvalue weighted by atomic mass is 15.0. The Bertz CT molecular complexity index is 3220. The fourth-order valence-corrected chi connectivity index (χ4v) is 12.3. The normalized spacial score (nSPS) is 15.2. The lowest BCUT2D eigenvalue weighted by Crippen LogP contribution is -2.18. The average Bonchev–Trinajstić information content (AvgIpc) is 3.80. The second-order valence-electron chi connectivity index (χ2n) is 22.0. The van der Waals surface area contributed by atoms with Gasteiger partial charge in [0, 0.05) is 44.4 Å². The van der Waals surface area contributed by atoms with Crippen molar-refractivity contribution in [3.8, 4) is 33.6 Å². The van der Waals surface area contributed by atoms with Crippen molar-refractivity contribution in [2.24, 2.45) is 0 Å². The summed E-state index contributed by atoms with van der Waals surface area (Å²) in [4.78, 5) is 0. The summed E-state index contributed by atoms with van der Waals surface area (Å²) in [6, 6.07) is 42.6. The summed E-state index contributed by atoms with van der Waals surface area (Å²) >= 11 is 0. The molecule has 2 nitrogen and oxygen atoms in total. The predicted octanol–water partition coefficient (Wildman–Crippen LogP) is 16.3. The van der Waals surface area contributed by atoms with Crippen LogP contribution in [0.5, 0.6) is 0 Å². The molecule has 0 unspecified atom stereocenters. The molecule has 0 bridgehead atoms. The molecule has 2 aliphatic carbocycles. The quantitative estimate of drug-likeness (QED) is 0.154. The van der Waals surface area contributed by atoms with Gasteiger partial charge in [-0.1, -0.05) is 130 Å². The van der Waals surface area contributed by atoms with E-state index in [0.717, 1.165) is 0 Å². The molecular weight excluding hydrogens is 749 g/mol. The Hall–Kier alpha value is -5.86. The van der Waals surface area contributed by atoms with Crippen molar-refractivity contribution in [1.82, 2.24) is 9.13 Å². The molecule has 62 heavy (non-hydrogen) atoms. The van der Waals surface area contributed by atoms with Crippen molar-refractivity contribution in [2.75, 3.05) is 0 Å². The summed E-state index contributed by atoms with van der Waals surface area (Å²) < 4.78 is 5.09. The van der Waals surface area contributed by atoms with E-state index < -0.39 is 0 Å². The van der Waals surface area contributed by atoms with Crippen LogP contribution in [-0.4, -0.2) is 9.13 Å². The van der Waals surface area contributed by atoms with Gasteiger partial charge in [0.1, 0.15) is 0 Å². The Kier molecular flexibility index (Phi) is 7.81. The highest BCUT2D eigenvalue weighted by Gasteiger charge is 2.37. The van der Waals surface area contributed by atoms with Gasteiger partial charge in [-0.15, -0.1) is 0 Å². The topological polar surface area (TPSA) is 9.86 Å². The molecular formula is C60H60N2. The maximum Gasteiger partial charge on any atom is 0.0540 e. The Labute approximate surface area is 368 Å². The molecule has 0 N–H and O–H groups in total. The van der Waals surface area contributed by atoms with Crippen molar-refractivity contribution >= 4 is 43.4 Å². The highest BCUT2D eigenvalue weighted by Crippen LogP contribution is 2.52. The van der Waals surface area contributed by atoms with Crippen LogP contribution in [0, 0.1) is 27.7 Å². The van der Waals surface area contributed by atoms with Crippen molar-refractivity contribution in [2.45, 2.75) is 119 Å². The molecule has 0 radical (unpaired) electrons. The summed E-state index contributed by atoms with van der Waals surface area (Å²) in [5, 5.41) is 8.14. The number of fused-ring (bicyclic) bond motifs is 10. The number of hydrogen-bond acceptors (Lipinski definition) is 0. The van der Waals surface area contributed by atoms with Crippen LogP contribution in [0.3, 0.4) is 0 Å². The Morgan fingerprint density at radius 1 is 0.371 bits per heavy atom. The van der Waals surface area contributed by atoms with Crippen molar-refractivity contribution < 1.29 is 0 Å². The monoisotopic (exact) mass is 808 g/mol. The van der Waals surface area contributed by atoms with E-state index in [2.05, 4.69) is 215 Å². The lowest BCUT2D eigenvalue weighted by molar-refractivity contribution is 0.593. The smallest absolute Gasteiger partial charge is 0.0540 e. The van der Waals surface area contributed by atoms with Crippen LogP contribution in [0.1, 0.15) is 125 Å². The minimum absolute atomic E-state index is 0.0653. The molecule has 0 atom stereocenters. The zero-order valence-corrected chi connectivity index (χ0v) is 39.3. The number of benzene rings is 7. The van der Waals surface area contributed by atoms with E-state index in [1.165, 1.54) is 133 Å². The highest BCUT2D eigenvalue weighted by molar-refractivity contribution is 6.15. The van der Waals surface area contributed by atoms with Gasteiger partial charge in [0.25, 0.3) is 0 Å². The minimum Gasteiger partial charge on any atom is -0.314 e. The standard InChI is InChI=1S/C60H60N2/c1-33-35(3)61(37-23-25-41-39-19-15-17-21-49(39)59(11,12)51(41)27-37)53-31-47-45(29-43(33)53)55(57(5,6)7)48-32-54-44(30-46(48)56(47)58(8,9)10)34(2)36(4)62(54)38-24-26-42-40-20-16-18-22-50(40)60(13,14)52(42)28-38/h15-32H,1-14H3. The molecule has 7 aromatic carbocycles. The first-order valence-corrected chi connectivity index (χ1v) is 22.8. The van der Waals surface area contributed by atoms with Crippen LogP contribution in [0.4, 0.5) is 0 Å². The van der Waals surface area contributed by atoms with Crippen molar-refractivity contribution in [3.63, 3.8) is 0 Å². The summed E-state index contributed by atoms with van der Waals surface area (Å²) in [6.07, 6.45) is 0. The van der Waals surface area contributed by atoms with Gasteiger partial charge < -0.3 is 9.13 Å². The second kappa shape index (κ2) is 12.4. The van der Waals surface area contributed by atoms with E-state index in [4.69, 9.17) is 0 Å². The fraction of sp³-hybridized carbons (Fsp3) is 0.300. The van der Waals surface area contributed by atoms with E-state index in [0.29, 0.717) is 0 Å². The molecule has 0 saturated heterocycles. The van der Waals surface area contributed by atoms with Gasteiger partial charge in [-0.05, 0) is 175 Å². The van der Waals surface area contributed by atoms with E-state index in [-0.39, 0.29) is 21.7 Å². The Morgan fingerprint density at radius 2 is 0.710 bits per heavy atom. The molecule has 0 aliphatic heterocycles. The van der Waals surface area contributed by atoms with E-state index in [1.54, 1.807) is 0 Å². The van der Waals surface area contributed by atoms with Crippen LogP contribution in [0.15, 0.2) is 109 Å². The van der Waals surface area contributed by atoms with E-state index in [9.17, 15) is 0 Å². The summed E-state index contributed by atoms with van der Waals surface area (Å²) in [6.45, 7) is 33.3. The van der Waals surface area contributed by atoms with E-state index >= 15 is 0 Å². The predicted molar refractivity (Wildman–Crippen MR) is 267 cm³/mol. The van der Waals surface area contributed by atoms with Gasteiger partial charge in [-0.2, -0.15) is 0 Å². The maximum atomic E-state index is 2.56. The third-order valence-electron chi connectivity index (χ3n) is 15.5. The van der Waals surface area contributed by atoms with Crippen molar-refractivity contribution in [1.29, 1.82) is 0 Å². The van der Waals surface area contributed by atoms with Crippen LogP contribution in [-0.2, 0) is 21.7 Å². The molecule has 9 aromatic rings. The van der Waals surface area contributed by atoms with Crippen LogP contribution in [0.2, 0.25) is 0 Å². The van der Waals surface area contributed by atoms with Crippen molar-refractivity contribution in [3.05, 3.63) is 165 Å². The first-order valence-electron chi connectivity index (χ1n) is 22.8. The molecule has 2 aliphatic rings. The van der Waals surface area contributed by atoms with Gasteiger partial charge in [-0.3, -0.25) is 0 Å². The molecule has 2 heterocycles. The van der Waals surface area contributed by atoms with Crippen LogP contribution < -0.4 is 0 Å².